The van der Waals surface area contributed by atoms with E-state index in [-0.39, 0.29) is 29.6 Å². The first-order valence-electron chi connectivity index (χ1n) is 11.2. The zero-order valence-corrected chi connectivity index (χ0v) is 18.8. The van der Waals surface area contributed by atoms with Crippen LogP contribution in [0.5, 0.6) is 0 Å². The minimum absolute atomic E-state index is 0.0132. The van der Waals surface area contributed by atoms with E-state index in [1.807, 2.05) is 19.1 Å². The molecule has 1 radical (unpaired) electrons. The van der Waals surface area contributed by atoms with Gasteiger partial charge in [0.15, 0.2) is 11.9 Å². The minimum atomic E-state index is -1.72. The Hall–Kier alpha value is -1.70. The Balaban J connectivity index is 1.66. The molecule has 7 atom stereocenters. The van der Waals surface area contributed by atoms with Gasteiger partial charge in [0.25, 0.3) is 0 Å². The van der Waals surface area contributed by atoms with E-state index in [0.717, 1.165) is 12.0 Å². The monoisotopic (exact) mass is 425 g/mol. The third-order valence-corrected chi connectivity index (χ3v) is 8.74. The number of ether oxygens (including phenoxy) is 1. The second-order valence-electron chi connectivity index (χ2n) is 10.5. The summed E-state index contributed by atoms with van der Waals surface area (Å²) < 4.78 is 17.2. The van der Waals surface area contributed by atoms with Gasteiger partial charge in [-0.3, -0.25) is 4.79 Å². The van der Waals surface area contributed by atoms with E-state index in [4.69, 9.17) is 14.0 Å². The Morgan fingerprint density at radius 3 is 2.84 bits per heavy atom. The Labute approximate surface area is 184 Å². The summed E-state index contributed by atoms with van der Waals surface area (Å²) in [5.41, 5.74) is -0.896. The standard InChI is InChI=1S/C24H30BO6/c1-6-12(2)21(27)30-19-13(3)10-23-8-7-16-17(22(16,4)5)15(18(23)26)9-14-11-29-25-31-20(14)24(19,23)28/h6,9-10,15-17,19-20,28H,7-8,11H2,1-5H3/b12-6-/t15?,16?,17-,19?,20?,23?,24?/m0/s1. The molecule has 2 saturated carbocycles. The van der Waals surface area contributed by atoms with Gasteiger partial charge in [-0.15, -0.1) is 0 Å². The number of rotatable bonds is 2. The summed E-state index contributed by atoms with van der Waals surface area (Å²) in [5, 5.41) is 12.4. The molecule has 6 nitrogen and oxygen atoms in total. The number of Topliss-reactive ketones (excluding diaryl/α,β-unsaturated/α-hetero) is 1. The van der Waals surface area contributed by atoms with E-state index in [1.165, 1.54) is 7.69 Å². The van der Waals surface area contributed by atoms with Gasteiger partial charge in [-0.1, -0.05) is 32.1 Å². The van der Waals surface area contributed by atoms with Crippen LogP contribution in [0.4, 0.5) is 0 Å². The van der Waals surface area contributed by atoms with Gasteiger partial charge in [-0.25, -0.2) is 4.79 Å². The molecule has 1 N–H and O–H groups in total. The molecular weight excluding hydrogens is 395 g/mol. The SMILES string of the molecule is C/C=C(/C)C(=O)OC1C(C)=CC23CCC4[C@H](C(C=C5CO[B]OC5C12O)C3=O)C4(C)C. The normalized spacial score (nSPS) is 45.0. The second kappa shape index (κ2) is 6.66. The molecule has 7 heteroatoms. The number of esters is 1. The van der Waals surface area contributed by atoms with Crippen LogP contribution in [0.2, 0.25) is 0 Å². The maximum atomic E-state index is 14.2. The van der Waals surface area contributed by atoms with Crippen molar-refractivity contribution in [2.24, 2.45) is 28.6 Å². The Bertz CT molecular complexity index is 948. The maximum Gasteiger partial charge on any atom is 0.488 e. The van der Waals surface area contributed by atoms with Gasteiger partial charge in [0.05, 0.1) is 18.1 Å². The van der Waals surface area contributed by atoms with Crippen molar-refractivity contribution in [3.8, 4) is 0 Å². The number of carbonyl (C=O) groups is 2. The molecule has 165 valence electrons. The quantitative estimate of drug-likeness (QED) is 0.317. The highest BCUT2D eigenvalue weighted by atomic mass is 16.6. The fourth-order valence-electron chi connectivity index (χ4n) is 6.91. The summed E-state index contributed by atoms with van der Waals surface area (Å²) in [5.74, 6) is -0.134. The lowest BCUT2D eigenvalue weighted by Crippen LogP contribution is -2.65. The van der Waals surface area contributed by atoms with Crippen molar-refractivity contribution in [1.29, 1.82) is 0 Å². The predicted octanol–water partition coefficient (Wildman–Crippen LogP) is 2.68. The van der Waals surface area contributed by atoms with Crippen molar-refractivity contribution < 1.29 is 28.7 Å². The molecule has 2 bridgehead atoms. The highest BCUT2D eigenvalue weighted by molar-refractivity contribution is 6.18. The molecule has 6 unspecified atom stereocenters. The molecular formula is C24H30BO6. The first-order valence-corrected chi connectivity index (χ1v) is 11.2. The Kier molecular flexibility index (Phi) is 4.55. The summed E-state index contributed by atoms with van der Waals surface area (Å²) in [6, 6.07) is 0. The first kappa shape index (κ1) is 21.2. The van der Waals surface area contributed by atoms with Crippen LogP contribution < -0.4 is 0 Å². The van der Waals surface area contributed by atoms with Gasteiger partial charge >= 0.3 is 13.7 Å². The van der Waals surface area contributed by atoms with Gasteiger partial charge in [-0.2, -0.15) is 0 Å². The Morgan fingerprint density at radius 1 is 1.39 bits per heavy atom. The molecule has 5 aliphatic rings. The smallest absolute Gasteiger partial charge is 0.451 e. The van der Waals surface area contributed by atoms with Gasteiger partial charge < -0.3 is 19.2 Å². The van der Waals surface area contributed by atoms with E-state index >= 15 is 0 Å². The van der Waals surface area contributed by atoms with Crippen LogP contribution in [-0.2, 0) is 23.6 Å². The highest BCUT2D eigenvalue weighted by Crippen LogP contribution is 2.70. The number of ketones is 1. The van der Waals surface area contributed by atoms with Crippen molar-refractivity contribution in [3.63, 3.8) is 0 Å². The first-order chi connectivity index (χ1) is 14.6. The van der Waals surface area contributed by atoms with Crippen molar-refractivity contribution in [2.75, 3.05) is 6.61 Å². The third-order valence-electron chi connectivity index (χ3n) is 8.74. The van der Waals surface area contributed by atoms with E-state index in [9.17, 15) is 14.7 Å². The van der Waals surface area contributed by atoms with Gasteiger partial charge in [0.2, 0.25) is 0 Å². The predicted molar refractivity (Wildman–Crippen MR) is 114 cm³/mol. The van der Waals surface area contributed by atoms with Gasteiger partial charge in [0, 0.05) is 11.5 Å². The molecule has 1 aliphatic heterocycles. The van der Waals surface area contributed by atoms with E-state index in [2.05, 4.69) is 13.8 Å². The topological polar surface area (TPSA) is 82.1 Å². The summed E-state index contributed by atoms with van der Waals surface area (Å²) in [6.07, 6.45) is 5.10. The van der Waals surface area contributed by atoms with Crippen LogP contribution in [0.15, 0.2) is 34.9 Å². The summed E-state index contributed by atoms with van der Waals surface area (Å²) >= 11 is 0. The average Bonchev–Trinajstić information content (AvgIpc) is 3.27. The second-order valence-corrected chi connectivity index (χ2v) is 10.5. The number of hydrogen-bond acceptors (Lipinski definition) is 6. The number of carbonyl (C=O) groups excluding carboxylic acids is 2. The molecule has 3 fully saturated rings. The molecule has 0 aromatic rings. The number of aliphatic hydroxyl groups is 1. The van der Waals surface area contributed by atoms with Gasteiger partial charge in [0.1, 0.15) is 5.60 Å². The molecule has 4 aliphatic carbocycles. The molecule has 0 amide bonds. The lowest BCUT2D eigenvalue weighted by Gasteiger charge is -2.48. The lowest BCUT2D eigenvalue weighted by atomic mass is 9.63. The highest BCUT2D eigenvalue weighted by Gasteiger charge is 2.75. The maximum absolute atomic E-state index is 14.2. The fourth-order valence-corrected chi connectivity index (χ4v) is 6.91. The van der Waals surface area contributed by atoms with Crippen molar-refractivity contribution >= 4 is 19.4 Å². The van der Waals surface area contributed by atoms with E-state index in [0.29, 0.717) is 23.5 Å². The average molecular weight is 425 g/mol. The van der Waals surface area contributed by atoms with E-state index < -0.39 is 29.2 Å². The third kappa shape index (κ3) is 2.57. The number of allylic oxidation sites excluding steroid dienone is 2. The molecule has 31 heavy (non-hydrogen) atoms. The molecule has 5 rings (SSSR count). The van der Waals surface area contributed by atoms with Crippen LogP contribution in [0.25, 0.3) is 0 Å². The Morgan fingerprint density at radius 2 is 2.13 bits per heavy atom. The van der Waals surface area contributed by atoms with Gasteiger partial charge in [-0.05, 0) is 62.0 Å². The number of fused-ring (bicyclic) bond motifs is 5. The molecule has 0 aromatic carbocycles. The molecule has 1 heterocycles. The van der Waals surface area contributed by atoms with Crippen LogP contribution in [0.3, 0.4) is 0 Å². The molecule has 1 saturated heterocycles. The van der Waals surface area contributed by atoms with Crippen molar-refractivity contribution in [3.05, 3.63) is 34.9 Å². The molecule has 0 aromatic heterocycles. The summed E-state index contributed by atoms with van der Waals surface area (Å²) in [6.45, 7) is 9.97. The zero-order chi connectivity index (χ0) is 22.3. The minimum Gasteiger partial charge on any atom is -0.451 e. The van der Waals surface area contributed by atoms with E-state index in [1.54, 1.807) is 19.9 Å². The molecule has 1 spiro atoms. The van der Waals surface area contributed by atoms with Crippen molar-refractivity contribution in [1.82, 2.24) is 0 Å². The fraction of sp³-hybridized carbons (Fsp3) is 0.667. The van der Waals surface area contributed by atoms with Crippen LogP contribution in [0.1, 0.15) is 47.5 Å². The summed E-state index contributed by atoms with van der Waals surface area (Å²) in [4.78, 5) is 26.9. The van der Waals surface area contributed by atoms with Crippen LogP contribution in [0, 0.1) is 28.6 Å². The van der Waals surface area contributed by atoms with Crippen LogP contribution >= 0.6 is 0 Å². The van der Waals surface area contributed by atoms with Crippen LogP contribution in [-0.4, -0.2) is 49.0 Å². The lowest BCUT2D eigenvalue weighted by molar-refractivity contribution is -0.194. The van der Waals surface area contributed by atoms with Crippen molar-refractivity contribution in [2.45, 2.75) is 65.3 Å². The largest absolute Gasteiger partial charge is 0.488 e. The zero-order valence-electron chi connectivity index (χ0n) is 18.8. The number of hydrogen-bond donors (Lipinski definition) is 1. The summed E-state index contributed by atoms with van der Waals surface area (Å²) in [7, 11) is 1.23.